The van der Waals surface area contributed by atoms with E-state index in [-0.39, 0.29) is 23.4 Å². The first kappa shape index (κ1) is 15.5. The second-order valence-electron chi connectivity index (χ2n) is 5.68. The fraction of sp³-hybridized carbons (Fsp3) is 0.308. The van der Waals surface area contributed by atoms with E-state index in [1.807, 2.05) is 5.32 Å². The number of nitrogens with zero attached hydrogens (tertiary/aromatic N) is 1. The normalized spacial score (nSPS) is 26.2. The van der Waals surface area contributed by atoms with E-state index in [1.165, 1.54) is 0 Å². The zero-order valence-corrected chi connectivity index (χ0v) is 11.8. The van der Waals surface area contributed by atoms with Gasteiger partial charge in [0.25, 0.3) is 11.8 Å². The average Bonchev–Trinajstić information content (AvgIpc) is 2.73. The van der Waals surface area contributed by atoms with E-state index in [0.29, 0.717) is 4.90 Å². The third-order valence-electron chi connectivity index (χ3n) is 4.10. The number of carbonyl (C=O) groups is 3. The lowest BCUT2D eigenvalue weighted by Crippen LogP contribution is -2.70. The van der Waals surface area contributed by atoms with E-state index < -0.39 is 40.9 Å². The predicted octanol–water partition coefficient (Wildman–Crippen LogP) is -1.45. The topological polar surface area (TPSA) is 113 Å². The van der Waals surface area contributed by atoms with Crippen molar-refractivity contribution in [3.8, 4) is 0 Å². The van der Waals surface area contributed by atoms with Gasteiger partial charge in [-0.2, -0.15) is 0 Å². The molecular formula is C13H10B2FN3O4. The minimum Gasteiger partial charge on any atom is -0.398 e. The summed E-state index contributed by atoms with van der Waals surface area (Å²) < 4.78 is 13.5. The van der Waals surface area contributed by atoms with Crippen LogP contribution in [0.2, 0.25) is 5.21 Å². The van der Waals surface area contributed by atoms with Gasteiger partial charge in [0.1, 0.15) is 5.82 Å². The summed E-state index contributed by atoms with van der Waals surface area (Å²) in [5, 5.41) is 10.4. The standard InChI is InChI=1S/C13H10B2FN3O4/c14-12(15)3-9(20)18-11(22)13(12,23)19-4-7-6(10(19)21)1-5(16)2-8(7)17/h1-2,23H,3-4,17H2,(H,18,20,22)/t13-/m0/s1. The fourth-order valence-corrected chi connectivity index (χ4v) is 2.89. The van der Waals surface area contributed by atoms with Crippen LogP contribution in [0.1, 0.15) is 22.3 Å². The molecule has 23 heavy (non-hydrogen) atoms. The summed E-state index contributed by atoms with van der Waals surface area (Å²) in [4.78, 5) is 36.7. The van der Waals surface area contributed by atoms with Gasteiger partial charge in [-0.05, 0) is 17.3 Å². The van der Waals surface area contributed by atoms with Crippen LogP contribution in [-0.2, 0) is 16.1 Å². The minimum atomic E-state index is -2.68. The van der Waals surface area contributed by atoms with Crippen LogP contribution in [0.3, 0.4) is 0 Å². The first-order valence-corrected chi connectivity index (χ1v) is 6.62. The molecule has 1 fully saturated rings. The van der Waals surface area contributed by atoms with Gasteiger partial charge in [-0.15, -0.1) is 0 Å². The van der Waals surface area contributed by atoms with Crippen molar-refractivity contribution in [3.63, 3.8) is 0 Å². The number of nitrogens with two attached hydrogens (primary N) is 1. The van der Waals surface area contributed by atoms with E-state index in [1.54, 1.807) is 0 Å². The largest absolute Gasteiger partial charge is 0.398 e. The minimum absolute atomic E-state index is 0.00798. The molecule has 3 amide bonds. The van der Waals surface area contributed by atoms with Crippen LogP contribution < -0.4 is 11.1 Å². The molecule has 2 aliphatic heterocycles. The second-order valence-corrected chi connectivity index (χ2v) is 5.68. The Morgan fingerprint density at radius 2 is 1.96 bits per heavy atom. The Balaban J connectivity index is 2.09. The van der Waals surface area contributed by atoms with E-state index >= 15 is 0 Å². The van der Waals surface area contributed by atoms with Crippen molar-refractivity contribution in [1.29, 1.82) is 0 Å². The number of hydrogen-bond acceptors (Lipinski definition) is 5. The number of rotatable bonds is 1. The number of halogens is 1. The molecule has 2 aliphatic rings. The van der Waals surface area contributed by atoms with Crippen LogP contribution in [0, 0.1) is 5.82 Å². The summed E-state index contributed by atoms with van der Waals surface area (Å²) in [7, 11) is 11.5. The SMILES string of the molecule is [B]C1([B])CC(=O)NC(=O)[C@@]1(O)N1Cc2c(N)cc(F)cc2C1=O. The molecule has 1 atom stereocenters. The maximum Gasteiger partial charge on any atom is 0.278 e. The molecule has 7 nitrogen and oxygen atoms in total. The zero-order valence-electron chi connectivity index (χ0n) is 11.8. The van der Waals surface area contributed by atoms with Crippen LogP contribution in [0.15, 0.2) is 12.1 Å². The Morgan fingerprint density at radius 1 is 1.30 bits per heavy atom. The smallest absolute Gasteiger partial charge is 0.278 e. The van der Waals surface area contributed by atoms with E-state index in [4.69, 9.17) is 21.4 Å². The Bertz CT molecular complexity index is 770. The first-order valence-electron chi connectivity index (χ1n) is 6.62. The molecule has 4 radical (unpaired) electrons. The fourth-order valence-electron chi connectivity index (χ4n) is 2.89. The van der Waals surface area contributed by atoms with Gasteiger partial charge in [0.15, 0.2) is 0 Å². The van der Waals surface area contributed by atoms with Crippen molar-refractivity contribution in [2.45, 2.75) is 23.9 Å². The highest BCUT2D eigenvalue weighted by molar-refractivity contribution is 6.44. The third kappa shape index (κ3) is 1.98. The molecule has 3 rings (SSSR count). The van der Waals surface area contributed by atoms with Crippen LogP contribution in [-0.4, -0.2) is 49.1 Å². The summed E-state index contributed by atoms with van der Waals surface area (Å²) in [6.07, 6.45) is -0.584. The summed E-state index contributed by atoms with van der Waals surface area (Å²) >= 11 is 0. The molecule has 1 saturated heterocycles. The molecule has 0 unspecified atom stereocenters. The number of imide groups is 1. The number of fused-ring (bicyclic) bond motifs is 1. The van der Waals surface area contributed by atoms with E-state index in [9.17, 15) is 23.9 Å². The highest BCUT2D eigenvalue weighted by Crippen LogP contribution is 2.45. The lowest BCUT2D eigenvalue weighted by molar-refractivity contribution is -0.170. The van der Waals surface area contributed by atoms with Crippen molar-refractivity contribution in [2.75, 3.05) is 5.73 Å². The van der Waals surface area contributed by atoms with Gasteiger partial charge >= 0.3 is 0 Å². The van der Waals surface area contributed by atoms with Gasteiger partial charge < -0.3 is 10.8 Å². The van der Waals surface area contributed by atoms with Crippen molar-refractivity contribution < 1.29 is 23.9 Å². The molecule has 0 bridgehead atoms. The molecule has 2 heterocycles. The number of benzene rings is 1. The number of amides is 3. The molecule has 114 valence electrons. The Kier molecular flexibility index (Phi) is 3.09. The molecular weight excluding hydrogens is 303 g/mol. The van der Waals surface area contributed by atoms with Crippen LogP contribution >= 0.6 is 0 Å². The summed E-state index contributed by atoms with van der Waals surface area (Å²) in [6.45, 7) is -0.297. The molecule has 10 heteroatoms. The van der Waals surface area contributed by atoms with E-state index in [2.05, 4.69) is 0 Å². The number of anilines is 1. The van der Waals surface area contributed by atoms with Crippen LogP contribution in [0.5, 0.6) is 0 Å². The van der Waals surface area contributed by atoms with Gasteiger partial charge in [-0.25, -0.2) is 4.39 Å². The Labute approximate surface area is 132 Å². The number of aliphatic hydroxyl groups is 1. The summed E-state index contributed by atoms with van der Waals surface area (Å²) in [5.41, 5.74) is 3.13. The van der Waals surface area contributed by atoms with Gasteiger partial charge in [-0.3, -0.25) is 24.6 Å². The highest BCUT2D eigenvalue weighted by Gasteiger charge is 2.60. The second kappa shape index (κ2) is 4.58. The zero-order chi connectivity index (χ0) is 17.2. The molecule has 1 aromatic carbocycles. The number of nitrogen functional groups attached to an aromatic ring is 1. The Hall–Kier alpha value is -2.35. The summed E-state index contributed by atoms with van der Waals surface area (Å²) in [5.74, 6) is -3.60. The van der Waals surface area contributed by atoms with Crippen molar-refractivity contribution in [2.24, 2.45) is 0 Å². The van der Waals surface area contributed by atoms with Gasteiger partial charge in [-0.1, -0.05) is 0 Å². The van der Waals surface area contributed by atoms with Gasteiger partial charge in [0.05, 0.1) is 22.2 Å². The number of hydrogen-bond donors (Lipinski definition) is 3. The van der Waals surface area contributed by atoms with Gasteiger partial charge in [0.2, 0.25) is 11.6 Å². The molecule has 0 aromatic heterocycles. The molecule has 0 spiro atoms. The maximum atomic E-state index is 13.5. The van der Waals surface area contributed by atoms with Crippen LogP contribution in [0.25, 0.3) is 0 Å². The first-order chi connectivity index (χ1) is 10.6. The average molecular weight is 313 g/mol. The molecule has 4 N–H and O–H groups in total. The van der Waals surface area contributed by atoms with Crippen LogP contribution in [0.4, 0.5) is 10.1 Å². The Morgan fingerprint density at radius 3 is 2.57 bits per heavy atom. The van der Waals surface area contributed by atoms with Crippen molar-refractivity contribution in [3.05, 3.63) is 29.1 Å². The molecule has 1 aromatic rings. The lowest BCUT2D eigenvalue weighted by atomic mass is 9.45. The van der Waals surface area contributed by atoms with Crippen molar-refractivity contribution >= 4 is 39.1 Å². The number of nitrogens with one attached hydrogen (secondary N) is 1. The van der Waals surface area contributed by atoms with Gasteiger partial charge in [0, 0.05) is 23.2 Å². The monoisotopic (exact) mass is 313 g/mol. The number of carbonyl (C=O) groups excluding carboxylic acids is 3. The number of piperidine rings is 1. The lowest BCUT2D eigenvalue weighted by Gasteiger charge is -2.49. The molecule has 0 saturated carbocycles. The predicted molar refractivity (Wildman–Crippen MR) is 77.6 cm³/mol. The quantitative estimate of drug-likeness (QED) is 0.334. The summed E-state index contributed by atoms with van der Waals surface area (Å²) in [6, 6.07) is 1.96. The maximum absolute atomic E-state index is 13.5. The van der Waals surface area contributed by atoms with Crippen molar-refractivity contribution in [1.82, 2.24) is 10.2 Å². The molecule has 0 aliphatic carbocycles. The third-order valence-corrected chi connectivity index (χ3v) is 4.10. The highest BCUT2D eigenvalue weighted by atomic mass is 19.1. The van der Waals surface area contributed by atoms with E-state index in [0.717, 1.165) is 12.1 Å².